The van der Waals surface area contributed by atoms with Gasteiger partial charge in [0.15, 0.2) is 9.84 Å². The third kappa shape index (κ3) is 3.83. The Hall–Kier alpha value is -1.03. The van der Waals surface area contributed by atoms with Crippen molar-refractivity contribution in [3.63, 3.8) is 0 Å². The zero-order chi connectivity index (χ0) is 16.5. The molecule has 0 saturated carbocycles. The molecule has 0 spiro atoms. The lowest BCUT2D eigenvalue weighted by Crippen LogP contribution is -2.48. The van der Waals surface area contributed by atoms with Gasteiger partial charge in [-0.15, -0.1) is 0 Å². The van der Waals surface area contributed by atoms with Crippen LogP contribution in [-0.2, 0) is 19.9 Å². The molecule has 1 aromatic rings. The quantitative estimate of drug-likeness (QED) is 0.825. The molecule has 0 amide bonds. The van der Waals surface area contributed by atoms with Crippen molar-refractivity contribution in [2.75, 3.05) is 19.3 Å². The topological polar surface area (TPSA) is 92.3 Å². The molecular weight excluding hydrogens is 331 g/mol. The summed E-state index contributed by atoms with van der Waals surface area (Å²) in [5.74, 6) is -0.951. The summed E-state index contributed by atoms with van der Waals surface area (Å²) in [7, 11) is -7.62. The minimum atomic E-state index is -3.89. The standard InChI is InChI=1S/C13H19FN2O4S2/c1-9-8-15-6-5-12(9)16-22(19,20)10-3-4-13(11(14)7-10)21(2,17)18/h3-4,7,9,12,15-16H,5-6,8H2,1-2H3. The van der Waals surface area contributed by atoms with E-state index < -0.39 is 30.6 Å². The average molecular weight is 350 g/mol. The first-order valence-electron chi connectivity index (χ1n) is 6.84. The summed E-state index contributed by atoms with van der Waals surface area (Å²) in [5, 5.41) is 3.16. The predicted molar refractivity (Wildman–Crippen MR) is 80.3 cm³/mol. The van der Waals surface area contributed by atoms with Crippen LogP contribution in [0, 0.1) is 11.7 Å². The Morgan fingerprint density at radius 3 is 2.50 bits per heavy atom. The van der Waals surface area contributed by atoms with Gasteiger partial charge in [-0.25, -0.2) is 25.9 Å². The number of nitrogens with one attached hydrogen (secondary N) is 2. The van der Waals surface area contributed by atoms with Gasteiger partial charge in [-0.05, 0) is 43.6 Å². The van der Waals surface area contributed by atoms with E-state index in [4.69, 9.17) is 0 Å². The van der Waals surface area contributed by atoms with Crippen LogP contribution in [0.1, 0.15) is 13.3 Å². The van der Waals surface area contributed by atoms with Gasteiger partial charge in [0.1, 0.15) is 10.7 Å². The van der Waals surface area contributed by atoms with Crippen molar-refractivity contribution in [2.24, 2.45) is 5.92 Å². The second kappa shape index (κ2) is 6.23. The van der Waals surface area contributed by atoms with E-state index in [1.807, 2.05) is 6.92 Å². The molecule has 2 unspecified atom stereocenters. The summed E-state index contributed by atoms with van der Waals surface area (Å²) in [4.78, 5) is -0.787. The van der Waals surface area contributed by atoms with E-state index in [1.54, 1.807) is 0 Å². The van der Waals surface area contributed by atoms with Crippen LogP contribution in [-0.4, -0.2) is 42.2 Å². The molecule has 0 bridgehead atoms. The van der Waals surface area contributed by atoms with Gasteiger partial charge in [-0.1, -0.05) is 6.92 Å². The van der Waals surface area contributed by atoms with Crippen LogP contribution in [0.3, 0.4) is 0 Å². The maximum atomic E-state index is 13.9. The third-order valence-electron chi connectivity index (χ3n) is 3.70. The number of sulfonamides is 1. The van der Waals surface area contributed by atoms with E-state index in [2.05, 4.69) is 10.0 Å². The second-order valence-electron chi connectivity index (χ2n) is 5.56. The summed E-state index contributed by atoms with van der Waals surface area (Å²) >= 11 is 0. The fourth-order valence-electron chi connectivity index (χ4n) is 2.41. The number of piperidine rings is 1. The Bertz CT molecular complexity index is 762. The maximum absolute atomic E-state index is 13.9. The Morgan fingerprint density at radius 1 is 1.27 bits per heavy atom. The van der Waals surface area contributed by atoms with Gasteiger partial charge < -0.3 is 5.32 Å². The van der Waals surface area contributed by atoms with Crippen LogP contribution < -0.4 is 10.0 Å². The van der Waals surface area contributed by atoms with E-state index in [0.717, 1.165) is 24.5 Å². The minimum absolute atomic E-state index is 0.115. The first kappa shape index (κ1) is 17.3. The van der Waals surface area contributed by atoms with Crippen molar-refractivity contribution in [3.8, 4) is 0 Å². The van der Waals surface area contributed by atoms with E-state index in [1.165, 1.54) is 0 Å². The predicted octanol–water partition coefficient (Wildman–Crippen LogP) is 0.505. The zero-order valence-electron chi connectivity index (χ0n) is 12.3. The molecule has 2 atom stereocenters. The van der Waals surface area contributed by atoms with E-state index in [9.17, 15) is 21.2 Å². The molecule has 1 heterocycles. The lowest BCUT2D eigenvalue weighted by Gasteiger charge is -2.29. The van der Waals surface area contributed by atoms with Crippen LogP contribution in [0.4, 0.5) is 4.39 Å². The van der Waals surface area contributed by atoms with Crippen LogP contribution in [0.25, 0.3) is 0 Å². The molecule has 2 rings (SSSR count). The maximum Gasteiger partial charge on any atom is 0.240 e. The van der Waals surface area contributed by atoms with Crippen molar-refractivity contribution in [1.82, 2.24) is 10.0 Å². The van der Waals surface area contributed by atoms with Gasteiger partial charge in [0, 0.05) is 12.3 Å². The SMILES string of the molecule is CC1CNCCC1NS(=O)(=O)c1ccc(S(C)(=O)=O)c(F)c1. The Labute approximate surface area is 130 Å². The molecule has 0 aromatic heterocycles. The monoisotopic (exact) mass is 350 g/mol. The first-order chi connectivity index (χ1) is 10.1. The Kier molecular flexibility index (Phi) is 4.90. The van der Waals surface area contributed by atoms with Crippen LogP contribution in [0.5, 0.6) is 0 Å². The molecular formula is C13H19FN2O4S2. The van der Waals surface area contributed by atoms with Gasteiger partial charge in [0.2, 0.25) is 10.0 Å². The van der Waals surface area contributed by atoms with Gasteiger partial charge in [0.25, 0.3) is 0 Å². The highest BCUT2D eigenvalue weighted by molar-refractivity contribution is 7.90. The summed E-state index contributed by atoms with van der Waals surface area (Å²) in [6, 6.07) is 2.59. The summed E-state index contributed by atoms with van der Waals surface area (Å²) in [5.41, 5.74) is 0. The minimum Gasteiger partial charge on any atom is -0.316 e. The molecule has 1 saturated heterocycles. The molecule has 22 heavy (non-hydrogen) atoms. The Morgan fingerprint density at radius 2 is 1.95 bits per heavy atom. The van der Waals surface area contributed by atoms with Crippen molar-refractivity contribution in [3.05, 3.63) is 24.0 Å². The molecule has 2 N–H and O–H groups in total. The molecule has 0 radical (unpaired) electrons. The van der Waals surface area contributed by atoms with Crippen molar-refractivity contribution < 1.29 is 21.2 Å². The first-order valence-corrected chi connectivity index (χ1v) is 10.2. The third-order valence-corrected chi connectivity index (χ3v) is 6.32. The second-order valence-corrected chi connectivity index (χ2v) is 9.26. The molecule has 124 valence electrons. The summed E-state index contributed by atoms with van der Waals surface area (Å²) < 4.78 is 63.8. The molecule has 1 aromatic carbocycles. The van der Waals surface area contributed by atoms with Crippen molar-refractivity contribution in [2.45, 2.75) is 29.2 Å². The van der Waals surface area contributed by atoms with Gasteiger partial charge in [-0.2, -0.15) is 0 Å². The normalized spacial score (nSPS) is 23.4. The number of halogens is 1. The lowest BCUT2D eigenvalue weighted by atomic mass is 9.97. The highest BCUT2D eigenvalue weighted by Crippen LogP contribution is 2.20. The van der Waals surface area contributed by atoms with Gasteiger partial charge in [-0.3, -0.25) is 0 Å². The molecule has 1 aliphatic rings. The van der Waals surface area contributed by atoms with E-state index in [0.29, 0.717) is 19.5 Å². The number of sulfone groups is 1. The average Bonchev–Trinajstić information content (AvgIpc) is 2.39. The molecule has 1 aliphatic heterocycles. The zero-order valence-corrected chi connectivity index (χ0v) is 14.0. The number of hydrogen-bond donors (Lipinski definition) is 2. The molecule has 9 heteroatoms. The largest absolute Gasteiger partial charge is 0.316 e. The molecule has 1 fully saturated rings. The fraction of sp³-hybridized carbons (Fsp3) is 0.538. The van der Waals surface area contributed by atoms with Crippen molar-refractivity contribution in [1.29, 1.82) is 0 Å². The smallest absolute Gasteiger partial charge is 0.240 e. The summed E-state index contributed by atoms with van der Waals surface area (Å²) in [6.45, 7) is 3.33. The van der Waals surface area contributed by atoms with E-state index >= 15 is 0 Å². The number of hydrogen-bond acceptors (Lipinski definition) is 5. The van der Waals surface area contributed by atoms with Crippen LogP contribution in [0.2, 0.25) is 0 Å². The van der Waals surface area contributed by atoms with E-state index in [-0.39, 0.29) is 16.9 Å². The fourth-order valence-corrected chi connectivity index (χ4v) is 4.52. The molecule has 0 aliphatic carbocycles. The number of rotatable bonds is 4. The van der Waals surface area contributed by atoms with Gasteiger partial charge in [0.05, 0.1) is 4.90 Å². The summed E-state index contributed by atoms with van der Waals surface area (Å²) in [6.07, 6.45) is 1.51. The lowest BCUT2D eigenvalue weighted by molar-refractivity contribution is 0.328. The highest BCUT2D eigenvalue weighted by Gasteiger charge is 2.27. The number of benzene rings is 1. The van der Waals surface area contributed by atoms with Crippen molar-refractivity contribution >= 4 is 19.9 Å². The van der Waals surface area contributed by atoms with Crippen LogP contribution >= 0.6 is 0 Å². The Balaban J connectivity index is 2.28. The molecule has 6 nitrogen and oxygen atoms in total. The highest BCUT2D eigenvalue weighted by atomic mass is 32.2. The van der Waals surface area contributed by atoms with Gasteiger partial charge >= 0.3 is 0 Å². The van der Waals surface area contributed by atoms with Crippen LogP contribution in [0.15, 0.2) is 28.0 Å².